The number of hydrogen-bond acceptors (Lipinski definition) is 7. The molecule has 1 saturated heterocycles. The molecule has 1 aromatic heterocycles. The summed E-state index contributed by atoms with van der Waals surface area (Å²) in [4.78, 5) is 37.6. The summed E-state index contributed by atoms with van der Waals surface area (Å²) in [6.07, 6.45) is 5.24. The van der Waals surface area contributed by atoms with Crippen LogP contribution in [0.2, 0.25) is 0 Å². The van der Waals surface area contributed by atoms with Crippen LogP contribution in [0.25, 0.3) is 6.08 Å². The van der Waals surface area contributed by atoms with E-state index in [0.29, 0.717) is 38.7 Å². The van der Waals surface area contributed by atoms with Crippen molar-refractivity contribution in [2.24, 2.45) is 0 Å². The summed E-state index contributed by atoms with van der Waals surface area (Å²) < 4.78 is 15.8. The monoisotopic (exact) mass is 572 g/mol. The Hall–Kier alpha value is -4.21. The fourth-order valence-electron chi connectivity index (χ4n) is 4.81. The van der Waals surface area contributed by atoms with Crippen molar-refractivity contribution in [1.29, 1.82) is 0 Å². The highest BCUT2D eigenvalue weighted by Crippen LogP contribution is 2.21. The number of hydrogen-bond donors (Lipinski definition) is 0. The highest BCUT2D eigenvalue weighted by atomic mass is 16.5. The van der Waals surface area contributed by atoms with Gasteiger partial charge in [-0.05, 0) is 41.0 Å². The fraction of sp³-hybridized carbons (Fsp3) is 0.364. The maximum absolute atomic E-state index is 13.9. The number of methoxy groups -OCH3 is 2. The molecule has 0 aliphatic carbocycles. The van der Waals surface area contributed by atoms with Crippen molar-refractivity contribution in [2.75, 3.05) is 65.6 Å². The van der Waals surface area contributed by atoms with Gasteiger partial charge in [0.2, 0.25) is 17.7 Å². The van der Waals surface area contributed by atoms with Crippen LogP contribution in [0.15, 0.2) is 79.0 Å². The second-order valence-corrected chi connectivity index (χ2v) is 10.2. The minimum atomic E-state index is -0.723. The lowest BCUT2D eigenvalue weighted by molar-refractivity contribution is -0.143. The van der Waals surface area contributed by atoms with Gasteiger partial charge < -0.3 is 28.9 Å². The van der Waals surface area contributed by atoms with E-state index in [9.17, 15) is 9.59 Å². The molecule has 2 amide bonds. The summed E-state index contributed by atoms with van der Waals surface area (Å²) in [7, 11) is 4.91. The molecule has 0 radical (unpaired) electrons. The topological polar surface area (TPSA) is 84.4 Å². The van der Waals surface area contributed by atoms with Gasteiger partial charge in [-0.1, -0.05) is 42.5 Å². The van der Waals surface area contributed by atoms with E-state index in [4.69, 9.17) is 14.2 Å². The van der Waals surface area contributed by atoms with Crippen LogP contribution < -0.4 is 9.64 Å². The molecule has 1 fully saturated rings. The predicted molar refractivity (Wildman–Crippen MR) is 163 cm³/mol. The zero-order chi connectivity index (χ0) is 29.7. The van der Waals surface area contributed by atoms with Crippen molar-refractivity contribution in [3.8, 4) is 5.88 Å². The molecule has 1 aliphatic rings. The number of aromatic nitrogens is 1. The van der Waals surface area contributed by atoms with E-state index in [-0.39, 0.29) is 18.4 Å². The largest absolute Gasteiger partial charge is 0.481 e. The molecule has 0 unspecified atom stereocenters. The standard InChI is InChI=1S/C33H40N4O5/c1-35(17-20-40-2)33(39)30(23-26-7-5-4-6-8-26)37(32(38)16-12-27-11-15-31(41-3)34-24-27)25-28-9-13-29(14-10-28)36-18-21-42-22-19-36/h4-16,24,30H,17-23,25H2,1-3H3/t30-/m0/s1. The van der Waals surface area contributed by atoms with Crippen LogP contribution >= 0.6 is 0 Å². The van der Waals surface area contributed by atoms with Gasteiger partial charge in [-0.3, -0.25) is 9.59 Å². The molecule has 0 spiro atoms. The minimum Gasteiger partial charge on any atom is -0.481 e. The van der Waals surface area contributed by atoms with Gasteiger partial charge in [-0.15, -0.1) is 0 Å². The molecule has 222 valence electrons. The summed E-state index contributed by atoms with van der Waals surface area (Å²) in [5.41, 5.74) is 3.77. The van der Waals surface area contributed by atoms with E-state index >= 15 is 0 Å². The van der Waals surface area contributed by atoms with Crippen LogP contribution in [0.1, 0.15) is 16.7 Å². The van der Waals surface area contributed by atoms with E-state index in [1.807, 2.05) is 48.5 Å². The average molecular weight is 573 g/mol. The van der Waals surface area contributed by atoms with E-state index < -0.39 is 6.04 Å². The Kier molecular flexibility index (Phi) is 11.5. The van der Waals surface area contributed by atoms with Crippen molar-refractivity contribution in [1.82, 2.24) is 14.8 Å². The maximum Gasteiger partial charge on any atom is 0.247 e. The highest BCUT2D eigenvalue weighted by molar-refractivity contribution is 5.95. The molecule has 9 heteroatoms. The summed E-state index contributed by atoms with van der Waals surface area (Å²) in [6.45, 7) is 4.20. The Balaban J connectivity index is 1.64. The molecule has 42 heavy (non-hydrogen) atoms. The predicted octanol–water partition coefficient (Wildman–Crippen LogP) is 3.68. The molecule has 3 aromatic rings. The Labute approximate surface area is 248 Å². The normalized spacial score (nSPS) is 14.0. The third-order valence-electron chi connectivity index (χ3n) is 7.28. The first kappa shape index (κ1) is 30.7. The van der Waals surface area contributed by atoms with Gasteiger partial charge in [0.1, 0.15) is 6.04 Å². The number of carbonyl (C=O) groups excluding carboxylic acids is 2. The number of ether oxygens (including phenoxy) is 3. The SMILES string of the molecule is COCCN(C)C(=O)[C@H](Cc1ccccc1)N(Cc1ccc(N2CCOCC2)cc1)C(=O)C=Cc1ccc(OC)nc1. The first-order valence-corrected chi connectivity index (χ1v) is 14.2. The van der Waals surface area contributed by atoms with E-state index in [1.54, 1.807) is 49.4 Å². The zero-order valence-corrected chi connectivity index (χ0v) is 24.6. The lowest BCUT2D eigenvalue weighted by Gasteiger charge is -2.33. The smallest absolute Gasteiger partial charge is 0.247 e. The molecule has 1 atom stereocenters. The van der Waals surface area contributed by atoms with E-state index in [1.165, 1.54) is 6.08 Å². The van der Waals surface area contributed by atoms with Crippen LogP contribution in [0.3, 0.4) is 0 Å². The molecule has 4 rings (SSSR count). The summed E-state index contributed by atoms with van der Waals surface area (Å²) in [5.74, 6) is 0.0828. The van der Waals surface area contributed by atoms with Crippen molar-refractivity contribution in [2.45, 2.75) is 19.0 Å². The number of rotatable bonds is 13. The summed E-state index contributed by atoms with van der Waals surface area (Å²) in [5, 5.41) is 0. The van der Waals surface area contributed by atoms with Gasteiger partial charge in [0.05, 0.1) is 26.9 Å². The van der Waals surface area contributed by atoms with Gasteiger partial charge in [0, 0.05) is 70.8 Å². The van der Waals surface area contributed by atoms with Crippen molar-refractivity contribution in [3.63, 3.8) is 0 Å². The lowest BCUT2D eigenvalue weighted by atomic mass is 10.0. The minimum absolute atomic E-state index is 0.145. The van der Waals surface area contributed by atoms with Crippen LogP contribution in [-0.4, -0.2) is 93.4 Å². The van der Waals surface area contributed by atoms with Crippen LogP contribution in [-0.2, 0) is 32.0 Å². The number of anilines is 1. The number of benzene rings is 2. The Morgan fingerprint density at radius 2 is 1.74 bits per heavy atom. The van der Waals surface area contributed by atoms with E-state index in [2.05, 4.69) is 22.0 Å². The number of pyridine rings is 1. The number of morpholine rings is 1. The van der Waals surface area contributed by atoms with Crippen molar-refractivity contribution >= 4 is 23.6 Å². The summed E-state index contributed by atoms with van der Waals surface area (Å²) >= 11 is 0. The Morgan fingerprint density at radius 1 is 1.00 bits per heavy atom. The Bertz CT molecular complexity index is 1290. The molecule has 0 saturated carbocycles. The average Bonchev–Trinajstić information content (AvgIpc) is 3.05. The fourth-order valence-corrected chi connectivity index (χ4v) is 4.81. The Morgan fingerprint density at radius 3 is 2.38 bits per heavy atom. The molecule has 2 aromatic carbocycles. The second kappa shape index (κ2) is 15.7. The van der Waals surface area contributed by atoms with Gasteiger partial charge in [-0.25, -0.2) is 4.98 Å². The number of likely N-dealkylation sites (N-methyl/N-ethyl adjacent to an activating group) is 1. The third kappa shape index (κ3) is 8.64. The highest BCUT2D eigenvalue weighted by Gasteiger charge is 2.31. The molecule has 2 heterocycles. The third-order valence-corrected chi connectivity index (χ3v) is 7.28. The van der Waals surface area contributed by atoms with Crippen LogP contribution in [0.4, 0.5) is 5.69 Å². The molecular weight excluding hydrogens is 532 g/mol. The van der Waals surface area contributed by atoms with E-state index in [0.717, 1.165) is 35.5 Å². The van der Waals surface area contributed by atoms with Gasteiger partial charge in [-0.2, -0.15) is 0 Å². The lowest BCUT2D eigenvalue weighted by Crippen LogP contribution is -2.51. The number of nitrogens with zero attached hydrogens (tertiary/aromatic N) is 4. The zero-order valence-electron chi connectivity index (χ0n) is 24.6. The molecule has 1 aliphatic heterocycles. The maximum atomic E-state index is 13.9. The van der Waals surface area contributed by atoms with Gasteiger partial charge >= 0.3 is 0 Å². The van der Waals surface area contributed by atoms with Gasteiger partial charge in [0.15, 0.2) is 0 Å². The van der Waals surface area contributed by atoms with Crippen LogP contribution in [0, 0.1) is 0 Å². The number of carbonyl (C=O) groups is 2. The first-order valence-electron chi connectivity index (χ1n) is 14.2. The number of amides is 2. The van der Waals surface area contributed by atoms with Gasteiger partial charge in [0.25, 0.3) is 0 Å². The van der Waals surface area contributed by atoms with Crippen molar-refractivity contribution in [3.05, 3.63) is 95.7 Å². The second-order valence-electron chi connectivity index (χ2n) is 10.2. The molecule has 9 nitrogen and oxygen atoms in total. The molecular formula is C33H40N4O5. The molecule has 0 N–H and O–H groups in total. The first-order chi connectivity index (χ1) is 20.5. The van der Waals surface area contributed by atoms with Crippen LogP contribution in [0.5, 0.6) is 5.88 Å². The quantitative estimate of drug-likeness (QED) is 0.289. The van der Waals surface area contributed by atoms with Crippen molar-refractivity contribution < 1.29 is 23.8 Å². The molecule has 0 bridgehead atoms. The summed E-state index contributed by atoms with van der Waals surface area (Å²) in [6, 6.07) is 20.8.